The van der Waals surface area contributed by atoms with Crippen LogP contribution < -0.4 is 14.8 Å². The Balaban J connectivity index is 1.36. The molecule has 3 aliphatic rings. The summed E-state index contributed by atoms with van der Waals surface area (Å²) >= 11 is 0. The van der Waals surface area contributed by atoms with Gasteiger partial charge in [0.25, 0.3) is 5.91 Å². The molecule has 9 nitrogen and oxygen atoms in total. The Morgan fingerprint density at radius 3 is 2.37 bits per heavy atom. The Labute approximate surface area is 173 Å². The zero-order valence-corrected chi connectivity index (χ0v) is 16.9. The van der Waals surface area contributed by atoms with Crippen LogP contribution in [0.25, 0.3) is 0 Å². The van der Waals surface area contributed by atoms with Crippen molar-refractivity contribution in [1.29, 1.82) is 0 Å². The van der Waals surface area contributed by atoms with Crippen molar-refractivity contribution in [3.05, 3.63) is 18.2 Å². The highest BCUT2D eigenvalue weighted by Gasteiger charge is 2.51. The van der Waals surface area contributed by atoms with Crippen LogP contribution in [0.2, 0.25) is 0 Å². The van der Waals surface area contributed by atoms with Gasteiger partial charge in [0.05, 0.1) is 11.8 Å². The van der Waals surface area contributed by atoms with Gasteiger partial charge in [-0.05, 0) is 38.8 Å². The second kappa shape index (κ2) is 7.97. The van der Waals surface area contributed by atoms with Crippen LogP contribution in [0.15, 0.2) is 18.2 Å². The molecule has 0 spiro atoms. The molecule has 2 heterocycles. The number of likely N-dealkylation sites (tertiary alicyclic amines) is 1. The predicted octanol–water partition coefficient (Wildman–Crippen LogP) is 1.85. The Bertz CT molecular complexity index is 875. The van der Waals surface area contributed by atoms with E-state index < -0.39 is 24.0 Å². The lowest BCUT2D eigenvalue weighted by Crippen LogP contribution is -2.46. The van der Waals surface area contributed by atoms with E-state index >= 15 is 0 Å². The number of imide groups is 1. The van der Waals surface area contributed by atoms with Crippen molar-refractivity contribution in [1.82, 2.24) is 4.90 Å². The molecule has 30 heavy (non-hydrogen) atoms. The first-order chi connectivity index (χ1) is 14.4. The maximum atomic E-state index is 12.6. The predicted molar refractivity (Wildman–Crippen MR) is 104 cm³/mol. The van der Waals surface area contributed by atoms with Crippen LogP contribution in [0, 0.1) is 11.8 Å². The standard InChI is InChI=1S/C21H24N2O7/c1-11(23-19(25)14-5-3-4-6-15(14)20(23)26)21(27)30-12(2)18(24)22-13-7-8-16-17(9-13)29-10-28-16/h7-9,11-12,14-15H,3-6,10H2,1-2H3,(H,22,24)/t11-,12+,14-,15-/m0/s1. The third-order valence-corrected chi connectivity index (χ3v) is 5.91. The quantitative estimate of drug-likeness (QED) is 0.576. The minimum Gasteiger partial charge on any atom is -0.454 e. The number of hydrogen-bond donors (Lipinski definition) is 1. The maximum absolute atomic E-state index is 12.6. The highest BCUT2D eigenvalue weighted by atomic mass is 16.7. The number of carbonyl (C=O) groups excluding carboxylic acids is 4. The summed E-state index contributed by atoms with van der Waals surface area (Å²) in [4.78, 5) is 51.3. The van der Waals surface area contributed by atoms with Crippen molar-refractivity contribution in [2.75, 3.05) is 12.1 Å². The number of rotatable bonds is 5. The highest BCUT2D eigenvalue weighted by Crippen LogP contribution is 2.39. The number of hydrogen-bond acceptors (Lipinski definition) is 7. The number of carbonyl (C=O) groups is 4. The molecule has 0 bridgehead atoms. The summed E-state index contributed by atoms with van der Waals surface area (Å²) in [5.74, 6) is -1.54. The van der Waals surface area contributed by atoms with Gasteiger partial charge in [0.2, 0.25) is 18.6 Å². The summed E-state index contributed by atoms with van der Waals surface area (Å²) in [5.41, 5.74) is 0.467. The maximum Gasteiger partial charge on any atom is 0.329 e. The number of fused-ring (bicyclic) bond motifs is 2. The minimum atomic E-state index is -1.11. The van der Waals surface area contributed by atoms with Crippen LogP contribution in [0.4, 0.5) is 5.69 Å². The number of esters is 1. The Morgan fingerprint density at radius 1 is 1.07 bits per heavy atom. The molecule has 1 saturated carbocycles. The molecular formula is C21H24N2O7. The van der Waals surface area contributed by atoms with E-state index in [1.54, 1.807) is 18.2 Å². The first-order valence-electron chi connectivity index (χ1n) is 10.1. The van der Waals surface area contributed by atoms with Gasteiger partial charge in [-0.3, -0.25) is 19.3 Å². The average Bonchev–Trinajstić information content (AvgIpc) is 3.30. The topological polar surface area (TPSA) is 111 Å². The summed E-state index contributed by atoms with van der Waals surface area (Å²) in [6.45, 7) is 3.01. The monoisotopic (exact) mass is 416 g/mol. The van der Waals surface area contributed by atoms with Crippen LogP contribution in [0.5, 0.6) is 11.5 Å². The summed E-state index contributed by atoms with van der Waals surface area (Å²) in [6.07, 6.45) is 2.04. The SMILES string of the molecule is C[C@@H](OC(=O)[C@H](C)N1C(=O)[C@H]2CCCC[C@@H]2C1=O)C(=O)Nc1ccc2c(c1)OCO2. The summed E-state index contributed by atoms with van der Waals surface area (Å²) < 4.78 is 15.7. The lowest BCUT2D eigenvalue weighted by atomic mass is 9.81. The van der Waals surface area contributed by atoms with Crippen LogP contribution in [-0.4, -0.2) is 47.5 Å². The molecule has 9 heteroatoms. The molecule has 0 radical (unpaired) electrons. The van der Waals surface area contributed by atoms with Crippen LogP contribution >= 0.6 is 0 Å². The molecule has 1 N–H and O–H groups in total. The van der Waals surface area contributed by atoms with Gasteiger partial charge in [0.15, 0.2) is 17.6 Å². The molecule has 1 aromatic carbocycles. The Kier molecular flexibility index (Phi) is 5.36. The zero-order chi connectivity index (χ0) is 21.4. The molecule has 1 aliphatic carbocycles. The fraction of sp³-hybridized carbons (Fsp3) is 0.524. The first kappa shape index (κ1) is 20.2. The summed E-state index contributed by atoms with van der Waals surface area (Å²) in [5, 5.41) is 2.64. The molecule has 3 amide bonds. The minimum absolute atomic E-state index is 0.119. The van der Waals surface area contributed by atoms with Crippen LogP contribution in [0.3, 0.4) is 0 Å². The first-order valence-corrected chi connectivity index (χ1v) is 10.1. The number of benzene rings is 1. The van der Waals surface area contributed by atoms with E-state index in [0.717, 1.165) is 17.7 Å². The van der Waals surface area contributed by atoms with Gasteiger partial charge in [-0.1, -0.05) is 12.8 Å². The van der Waals surface area contributed by atoms with E-state index in [9.17, 15) is 19.2 Å². The normalized spacial score (nSPS) is 24.3. The molecule has 4 atom stereocenters. The van der Waals surface area contributed by atoms with Gasteiger partial charge in [0.1, 0.15) is 6.04 Å². The van der Waals surface area contributed by atoms with Gasteiger partial charge in [-0.25, -0.2) is 4.79 Å². The number of anilines is 1. The van der Waals surface area contributed by atoms with E-state index in [-0.39, 0.29) is 30.4 Å². The third-order valence-electron chi connectivity index (χ3n) is 5.91. The van der Waals surface area contributed by atoms with Crippen molar-refractivity contribution < 1.29 is 33.4 Å². The van der Waals surface area contributed by atoms with Crippen molar-refractivity contribution >= 4 is 29.4 Å². The lowest BCUT2D eigenvalue weighted by molar-refractivity contribution is -0.163. The smallest absolute Gasteiger partial charge is 0.329 e. The van der Waals surface area contributed by atoms with Crippen molar-refractivity contribution in [3.8, 4) is 11.5 Å². The second-order valence-corrected chi connectivity index (χ2v) is 7.86. The van der Waals surface area contributed by atoms with Gasteiger partial charge in [-0.15, -0.1) is 0 Å². The van der Waals surface area contributed by atoms with E-state index in [1.807, 2.05) is 0 Å². The van der Waals surface area contributed by atoms with E-state index in [4.69, 9.17) is 14.2 Å². The van der Waals surface area contributed by atoms with Crippen molar-refractivity contribution in [2.45, 2.75) is 51.7 Å². The fourth-order valence-electron chi connectivity index (χ4n) is 4.22. The second-order valence-electron chi connectivity index (χ2n) is 7.86. The Morgan fingerprint density at radius 2 is 1.70 bits per heavy atom. The van der Waals surface area contributed by atoms with Crippen molar-refractivity contribution in [3.63, 3.8) is 0 Å². The van der Waals surface area contributed by atoms with Gasteiger partial charge >= 0.3 is 5.97 Å². The molecule has 2 aliphatic heterocycles. The molecular weight excluding hydrogens is 392 g/mol. The molecule has 1 aromatic rings. The van der Waals surface area contributed by atoms with Gasteiger partial charge in [0, 0.05) is 11.8 Å². The summed E-state index contributed by atoms with van der Waals surface area (Å²) in [7, 11) is 0. The number of nitrogens with zero attached hydrogens (tertiary/aromatic N) is 1. The highest BCUT2D eigenvalue weighted by molar-refractivity contribution is 6.08. The largest absolute Gasteiger partial charge is 0.454 e. The summed E-state index contributed by atoms with van der Waals surface area (Å²) in [6, 6.07) is 3.85. The fourth-order valence-corrected chi connectivity index (χ4v) is 4.22. The van der Waals surface area contributed by atoms with Gasteiger partial charge < -0.3 is 19.5 Å². The molecule has 0 aromatic heterocycles. The van der Waals surface area contributed by atoms with E-state index in [1.165, 1.54) is 13.8 Å². The molecule has 4 rings (SSSR count). The van der Waals surface area contributed by atoms with Crippen molar-refractivity contribution in [2.24, 2.45) is 11.8 Å². The Hall–Kier alpha value is -3.10. The number of ether oxygens (including phenoxy) is 3. The molecule has 160 valence electrons. The van der Waals surface area contributed by atoms with Crippen LogP contribution in [0.1, 0.15) is 39.5 Å². The molecule has 1 saturated heterocycles. The number of amides is 3. The molecule has 0 unspecified atom stereocenters. The molecule has 2 fully saturated rings. The average molecular weight is 416 g/mol. The number of nitrogens with one attached hydrogen (secondary N) is 1. The van der Waals surface area contributed by atoms with Crippen LogP contribution in [-0.2, 0) is 23.9 Å². The lowest BCUT2D eigenvalue weighted by Gasteiger charge is -2.23. The van der Waals surface area contributed by atoms with E-state index in [0.29, 0.717) is 30.0 Å². The van der Waals surface area contributed by atoms with Gasteiger partial charge in [-0.2, -0.15) is 0 Å². The third kappa shape index (κ3) is 3.59. The zero-order valence-electron chi connectivity index (χ0n) is 16.9. The van der Waals surface area contributed by atoms with E-state index in [2.05, 4.69) is 5.32 Å².